The molecule has 0 amide bonds. The van der Waals surface area contributed by atoms with E-state index in [1.165, 1.54) is 35.1 Å². The summed E-state index contributed by atoms with van der Waals surface area (Å²) in [5.41, 5.74) is 10.9. The Morgan fingerprint density at radius 1 is 1.24 bits per heavy atom. The van der Waals surface area contributed by atoms with Crippen LogP contribution in [0.1, 0.15) is 35.1 Å². The Kier molecular flexibility index (Phi) is 3.95. The van der Waals surface area contributed by atoms with Gasteiger partial charge in [-0.25, -0.2) is 0 Å². The Morgan fingerprint density at radius 3 is 2.47 bits per heavy atom. The molecule has 0 atom stereocenters. The van der Waals surface area contributed by atoms with Gasteiger partial charge in [0, 0.05) is 5.56 Å². The summed E-state index contributed by atoms with van der Waals surface area (Å²) in [5.74, 6) is 0.843. The number of rotatable bonds is 3. The third-order valence-electron chi connectivity index (χ3n) is 3.71. The molecule has 94 valence electrons. The molecule has 1 aliphatic rings. The molecule has 0 saturated carbocycles. The first-order valence-corrected chi connectivity index (χ1v) is 6.65. The van der Waals surface area contributed by atoms with Crippen molar-refractivity contribution >= 4 is 11.6 Å². The predicted molar refractivity (Wildman–Crippen MR) is 72.1 cm³/mol. The monoisotopic (exact) mass is 253 g/mol. The van der Waals surface area contributed by atoms with Crippen molar-refractivity contribution in [1.29, 1.82) is 0 Å². The number of fused-ring (bicyclic) bond motifs is 1. The Hall–Kier alpha value is -0.730. The van der Waals surface area contributed by atoms with E-state index in [-0.39, 0.29) is 0 Å². The Bertz CT molecular complexity index is 429. The quantitative estimate of drug-likeness (QED) is 0.899. The van der Waals surface area contributed by atoms with Crippen molar-refractivity contribution in [2.45, 2.75) is 39.0 Å². The fourth-order valence-electron chi connectivity index (χ4n) is 2.84. The number of ether oxygens (including phenoxy) is 1. The highest BCUT2D eigenvalue weighted by molar-refractivity contribution is 6.33. The van der Waals surface area contributed by atoms with Crippen LogP contribution in [0.2, 0.25) is 5.02 Å². The summed E-state index contributed by atoms with van der Waals surface area (Å²) in [6, 6.07) is 0. The standard InChI is InChI=1S/C14H20ClNO/c1-9-10-5-3-4-6-12(10)13(15)14(17-2)11(9)7-8-16/h3-8,16H2,1-2H3. The molecule has 0 aliphatic heterocycles. The van der Waals surface area contributed by atoms with E-state index < -0.39 is 0 Å². The summed E-state index contributed by atoms with van der Waals surface area (Å²) in [6.45, 7) is 2.81. The van der Waals surface area contributed by atoms with Crippen LogP contribution in [0.5, 0.6) is 5.75 Å². The van der Waals surface area contributed by atoms with E-state index in [0.29, 0.717) is 6.54 Å². The van der Waals surface area contributed by atoms with E-state index in [9.17, 15) is 0 Å². The first-order chi connectivity index (χ1) is 8.20. The van der Waals surface area contributed by atoms with Crippen molar-refractivity contribution < 1.29 is 4.74 Å². The van der Waals surface area contributed by atoms with Crippen LogP contribution in [0.4, 0.5) is 0 Å². The van der Waals surface area contributed by atoms with E-state index in [4.69, 9.17) is 22.1 Å². The molecule has 0 bridgehead atoms. The third kappa shape index (κ3) is 2.16. The molecule has 0 saturated heterocycles. The number of hydrogen-bond acceptors (Lipinski definition) is 2. The van der Waals surface area contributed by atoms with E-state index in [1.807, 2.05) is 0 Å². The minimum atomic E-state index is 0.631. The highest BCUT2D eigenvalue weighted by atomic mass is 35.5. The molecule has 0 unspecified atom stereocenters. The second kappa shape index (κ2) is 5.28. The molecule has 0 fully saturated rings. The van der Waals surface area contributed by atoms with E-state index in [2.05, 4.69) is 6.92 Å². The van der Waals surface area contributed by atoms with Gasteiger partial charge in [-0.1, -0.05) is 11.6 Å². The highest BCUT2D eigenvalue weighted by Gasteiger charge is 2.22. The Labute approximate surface area is 108 Å². The van der Waals surface area contributed by atoms with Crippen molar-refractivity contribution in [3.05, 3.63) is 27.3 Å². The SMILES string of the molecule is COc1c(Cl)c2c(c(C)c1CCN)CCCC2. The van der Waals surface area contributed by atoms with Crippen LogP contribution in [0.3, 0.4) is 0 Å². The smallest absolute Gasteiger partial charge is 0.141 e. The maximum Gasteiger partial charge on any atom is 0.141 e. The van der Waals surface area contributed by atoms with Gasteiger partial charge in [-0.15, -0.1) is 0 Å². The van der Waals surface area contributed by atoms with E-state index >= 15 is 0 Å². The number of nitrogens with two attached hydrogens (primary N) is 1. The van der Waals surface area contributed by atoms with Gasteiger partial charge >= 0.3 is 0 Å². The molecule has 2 nitrogen and oxygen atoms in total. The van der Waals surface area contributed by atoms with Gasteiger partial charge in [-0.05, 0) is 62.3 Å². The molecule has 2 rings (SSSR count). The molecule has 0 spiro atoms. The summed E-state index contributed by atoms with van der Waals surface area (Å²) in [7, 11) is 1.69. The van der Waals surface area contributed by atoms with Crippen LogP contribution in [0.15, 0.2) is 0 Å². The summed E-state index contributed by atoms with van der Waals surface area (Å²) in [4.78, 5) is 0. The summed E-state index contributed by atoms with van der Waals surface area (Å²) in [6.07, 6.45) is 5.54. The van der Waals surface area contributed by atoms with E-state index in [0.717, 1.165) is 30.0 Å². The number of halogens is 1. The van der Waals surface area contributed by atoms with Gasteiger partial charge in [-0.3, -0.25) is 0 Å². The lowest BCUT2D eigenvalue weighted by molar-refractivity contribution is 0.408. The van der Waals surface area contributed by atoms with Gasteiger partial charge in [0.15, 0.2) is 0 Å². The fourth-order valence-corrected chi connectivity index (χ4v) is 3.24. The van der Waals surface area contributed by atoms with Crippen molar-refractivity contribution in [2.24, 2.45) is 5.73 Å². The number of hydrogen-bond donors (Lipinski definition) is 1. The van der Waals surface area contributed by atoms with Crippen LogP contribution in [-0.4, -0.2) is 13.7 Å². The molecule has 1 aliphatic carbocycles. The molecule has 1 aromatic rings. The second-order valence-electron chi connectivity index (χ2n) is 4.65. The average molecular weight is 254 g/mol. The zero-order valence-electron chi connectivity index (χ0n) is 10.6. The largest absolute Gasteiger partial charge is 0.495 e. The molecule has 2 N–H and O–H groups in total. The molecular formula is C14H20ClNO. The molecule has 0 radical (unpaired) electrons. The molecular weight excluding hydrogens is 234 g/mol. The third-order valence-corrected chi connectivity index (χ3v) is 4.11. The molecule has 3 heteroatoms. The van der Waals surface area contributed by atoms with Crippen LogP contribution in [-0.2, 0) is 19.3 Å². The molecule has 0 heterocycles. The lowest BCUT2D eigenvalue weighted by Gasteiger charge is -2.24. The zero-order valence-corrected chi connectivity index (χ0v) is 11.4. The van der Waals surface area contributed by atoms with Gasteiger partial charge in [0.1, 0.15) is 5.75 Å². The van der Waals surface area contributed by atoms with Crippen LogP contribution < -0.4 is 10.5 Å². The Balaban J connectivity index is 2.63. The lowest BCUT2D eigenvalue weighted by Crippen LogP contribution is -2.13. The molecule has 0 aromatic heterocycles. The van der Waals surface area contributed by atoms with E-state index in [1.54, 1.807) is 7.11 Å². The minimum Gasteiger partial charge on any atom is -0.495 e. The van der Waals surface area contributed by atoms with Crippen LogP contribution >= 0.6 is 11.6 Å². The molecule has 1 aromatic carbocycles. The lowest BCUT2D eigenvalue weighted by atomic mass is 9.85. The summed E-state index contributed by atoms with van der Waals surface area (Å²) in [5, 5.41) is 0.816. The number of methoxy groups -OCH3 is 1. The average Bonchev–Trinajstić information content (AvgIpc) is 2.36. The minimum absolute atomic E-state index is 0.631. The van der Waals surface area contributed by atoms with Gasteiger partial charge in [-0.2, -0.15) is 0 Å². The first-order valence-electron chi connectivity index (χ1n) is 6.27. The topological polar surface area (TPSA) is 35.2 Å². The highest BCUT2D eigenvalue weighted by Crippen LogP contribution is 2.40. The van der Waals surface area contributed by atoms with Gasteiger partial charge in [0.05, 0.1) is 12.1 Å². The Morgan fingerprint density at radius 2 is 1.88 bits per heavy atom. The van der Waals surface area contributed by atoms with Gasteiger partial charge in [0.25, 0.3) is 0 Å². The maximum absolute atomic E-state index is 6.47. The fraction of sp³-hybridized carbons (Fsp3) is 0.571. The summed E-state index contributed by atoms with van der Waals surface area (Å²) < 4.78 is 5.49. The van der Waals surface area contributed by atoms with Crippen molar-refractivity contribution in [3.63, 3.8) is 0 Å². The maximum atomic E-state index is 6.47. The van der Waals surface area contributed by atoms with Gasteiger partial charge < -0.3 is 10.5 Å². The normalized spacial score (nSPS) is 14.6. The second-order valence-corrected chi connectivity index (χ2v) is 5.03. The van der Waals surface area contributed by atoms with Crippen molar-refractivity contribution in [3.8, 4) is 5.75 Å². The predicted octanol–water partition coefficient (Wildman–Crippen LogP) is 3.04. The zero-order chi connectivity index (χ0) is 12.4. The van der Waals surface area contributed by atoms with Crippen LogP contribution in [0.25, 0.3) is 0 Å². The van der Waals surface area contributed by atoms with Crippen LogP contribution in [0, 0.1) is 6.92 Å². The first kappa shape index (κ1) is 12.7. The van der Waals surface area contributed by atoms with Crippen molar-refractivity contribution in [2.75, 3.05) is 13.7 Å². The van der Waals surface area contributed by atoms with Crippen molar-refractivity contribution in [1.82, 2.24) is 0 Å². The summed E-state index contributed by atoms with van der Waals surface area (Å²) >= 11 is 6.47. The van der Waals surface area contributed by atoms with Gasteiger partial charge in [0.2, 0.25) is 0 Å². The molecule has 17 heavy (non-hydrogen) atoms. The number of benzene rings is 1.